The van der Waals surface area contributed by atoms with Crippen LogP contribution in [0.1, 0.15) is 20.8 Å². The first-order valence-corrected chi connectivity index (χ1v) is 6.90. The van der Waals surface area contributed by atoms with Crippen LogP contribution in [0.4, 0.5) is 0 Å². The summed E-state index contributed by atoms with van der Waals surface area (Å²) >= 11 is 0. The van der Waals surface area contributed by atoms with Crippen molar-refractivity contribution in [3.05, 3.63) is 0 Å². The van der Waals surface area contributed by atoms with Gasteiger partial charge in [-0.2, -0.15) is 0 Å². The molecule has 0 rings (SSSR count). The van der Waals surface area contributed by atoms with Crippen LogP contribution in [0.25, 0.3) is 0 Å². The molecule has 0 aliphatic rings. The van der Waals surface area contributed by atoms with Gasteiger partial charge in [-0.1, -0.05) is 0 Å². The Balaban J connectivity index is 3.50. The highest BCUT2D eigenvalue weighted by molar-refractivity contribution is 7.90. The number of ether oxygens (including phenoxy) is 1. The molecule has 4 nitrogen and oxygen atoms in total. The van der Waals surface area contributed by atoms with Crippen LogP contribution < -0.4 is 5.32 Å². The molecule has 14 heavy (non-hydrogen) atoms. The molecule has 1 unspecified atom stereocenters. The largest absolute Gasteiger partial charge is 0.377 e. The van der Waals surface area contributed by atoms with Crippen LogP contribution >= 0.6 is 0 Å². The van der Waals surface area contributed by atoms with Crippen LogP contribution in [-0.4, -0.2) is 45.7 Å². The molecule has 0 spiro atoms. The zero-order chi connectivity index (χ0) is 11.2. The van der Waals surface area contributed by atoms with E-state index >= 15 is 0 Å². The minimum atomic E-state index is -2.88. The summed E-state index contributed by atoms with van der Waals surface area (Å²) in [5.74, 6) is 0.175. The average molecular weight is 223 g/mol. The molecule has 0 radical (unpaired) electrons. The highest BCUT2D eigenvalue weighted by Crippen LogP contribution is 1.90. The summed E-state index contributed by atoms with van der Waals surface area (Å²) in [5, 5.41) is 3.09. The number of hydrogen-bond acceptors (Lipinski definition) is 4. The first kappa shape index (κ1) is 13.9. The lowest BCUT2D eigenvalue weighted by molar-refractivity contribution is 0.0799. The van der Waals surface area contributed by atoms with Gasteiger partial charge < -0.3 is 10.1 Å². The van der Waals surface area contributed by atoms with Gasteiger partial charge in [0.15, 0.2) is 0 Å². The standard InChI is InChI=1S/C9H21NO3S/c1-8(2)13-6-5-10-9(3)7-14(4,11)12/h8-10H,5-7H2,1-4H3. The Morgan fingerprint density at radius 1 is 1.29 bits per heavy atom. The Morgan fingerprint density at radius 3 is 2.29 bits per heavy atom. The maximum atomic E-state index is 10.9. The predicted molar refractivity (Wildman–Crippen MR) is 58.3 cm³/mol. The minimum absolute atomic E-state index is 0.0132. The summed E-state index contributed by atoms with van der Waals surface area (Å²) in [7, 11) is -2.88. The third kappa shape index (κ3) is 9.95. The van der Waals surface area contributed by atoms with Gasteiger partial charge in [-0.05, 0) is 20.8 Å². The maximum absolute atomic E-state index is 10.9. The van der Waals surface area contributed by atoms with Crippen LogP contribution in [0.5, 0.6) is 0 Å². The van der Waals surface area contributed by atoms with Crippen molar-refractivity contribution < 1.29 is 13.2 Å². The van der Waals surface area contributed by atoms with Crippen LogP contribution in [0.15, 0.2) is 0 Å². The minimum Gasteiger partial charge on any atom is -0.377 e. The lowest BCUT2D eigenvalue weighted by Gasteiger charge is -2.13. The molecule has 1 atom stereocenters. The van der Waals surface area contributed by atoms with Crippen molar-refractivity contribution in [2.24, 2.45) is 0 Å². The van der Waals surface area contributed by atoms with E-state index in [1.807, 2.05) is 20.8 Å². The third-order valence-corrected chi connectivity index (χ3v) is 2.70. The molecule has 1 N–H and O–H groups in total. The van der Waals surface area contributed by atoms with E-state index in [0.29, 0.717) is 13.2 Å². The molecular formula is C9H21NO3S. The molecule has 0 saturated carbocycles. The summed E-state index contributed by atoms with van der Waals surface area (Å²) in [6.07, 6.45) is 1.47. The Morgan fingerprint density at radius 2 is 1.86 bits per heavy atom. The summed E-state index contributed by atoms with van der Waals surface area (Å²) < 4.78 is 27.1. The van der Waals surface area contributed by atoms with Crippen molar-refractivity contribution in [2.45, 2.75) is 32.9 Å². The molecule has 86 valence electrons. The second kappa shape index (κ2) is 6.37. The molecule has 0 saturated heterocycles. The van der Waals surface area contributed by atoms with E-state index in [1.165, 1.54) is 6.26 Å². The lowest BCUT2D eigenvalue weighted by atomic mass is 10.4. The number of sulfone groups is 1. The van der Waals surface area contributed by atoms with Gasteiger partial charge in [0, 0.05) is 18.8 Å². The van der Waals surface area contributed by atoms with Gasteiger partial charge in [-0.3, -0.25) is 0 Å². The number of rotatable bonds is 7. The maximum Gasteiger partial charge on any atom is 0.148 e. The fourth-order valence-electron chi connectivity index (χ4n) is 1.11. The van der Waals surface area contributed by atoms with E-state index in [0.717, 1.165) is 0 Å². The summed E-state index contributed by atoms with van der Waals surface area (Å²) in [6, 6.07) is -0.0132. The van der Waals surface area contributed by atoms with Gasteiger partial charge >= 0.3 is 0 Å². The SMILES string of the molecule is CC(CS(C)(=O)=O)NCCOC(C)C. The van der Waals surface area contributed by atoms with E-state index in [-0.39, 0.29) is 17.9 Å². The number of hydrogen-bond donors (Lipinski definition) is 1. The van der Waals surface area contributed by atoms with Crippen molar-refractivity contribution in [1.82, 2.24) is 5.32 Å². The molecular weight excluding hydrogens is 202 g/mol. The normalized spacial score (nSPS) is 14.6. The topological polar surface area (TPSA) is 55.4 Å². The predicted octanol–water partition coefficient (Wildman–Crippen LogP) is 0.434. The lowest BCUT2D eigenvalue weighted by Crippen LogP contribution is -2.35. The van der Waals surface area contributed by atoms with E-state index in [4.69, 9.17) is 4.74 Å². The Labute approximate surface area is 86.9 Å². The van der Waals surface area contributed by atoms with Crippen molar-refractivity contribution in [3.8, 4) is 0 Å². The quantitative estimate of drug-likeness (QED) is 0.636. The van der Waals surface area contributed by atoms with Crippen molar-refractivity contribution in [2.75, 3.05) is 25.2 Å². The Kier molecular flexibility index (Phi) is 6.31. The molecule has 5 heteroatoms. The molecule has 0 fully saturated rings. The summed E-state index contributed by atoms with van der Waals surface area (Å²) in [6.45, 7) is 7.11. The summed E-state index contributed by atoms with van der Waals surface area (Å²) in [5.41, 5.74) is 0. The van der Waals surface area contributed by atoms with E-state index < -0.39 is 9.84 Å². The van der Waals surface area contributed by atoms with Crippen molar-refractivity contribution in [1.29, 1.82) is 0 Å². The Hall–Kier alpha value is -0.130. The molecule has 0 aliphatic carbocycles. The fraction of sp³-hybridized carbons (Fsp3) is 1.00. The molecule has 0 aromatic rings. The van der Waals surface area contributed by atoms with Crippen LogP contribution in [0.2, 0.25) is 0 Å². The Bertz CT molecular complexity index is 236. The fourth-order valence-corrected chi connectivity index (χ4v) is 2.14. The molecule has 0 heterocycles. The van der Waals surface area contributed by atoms with Gasteiger partial charge in [0.25, 0.3) is 0 Å². The van der Waals surface area contributed by atoms with Gasteiger partial charge in [-0.25, -0.2) is 8.42 Å². The van der Waals surface area contributed by atoms with E-state index in [1.54, 1.807) is 0 Å². The average Bonchev–Trinajstić information content (AvgIpc) is 1.94. The van der Waals surface area contributed by atoms with Crippen LogP contribution in [0.3, 0.4) is 0 Å². The summed E-state index contributed by atoms with van der Waals surface area (Å²) in [4.78, 5) is 0. The second-order valence-corrected chi connectivity index (χ2v) is 6.05. The van der Waals surface area contributed by atoms with Crippen molar-refractivity contribution in [3.63, 3.8) is 0 Å². The van der Waals surface area contributed by atoms with Gasteiger partial charge in [-0.15, -0.1) is 0 Å². The zero-order valence-electron chi connectivity index (χ0n) is 9.41. The first-order chi connectivity index (χ1) is 6.31. The smallest absolute Gasteiger partial charge is 0.148 e. The van der Waals surface area contributed by atoms with E-state index in [9.17, 15) is 8.42 Å². The second-order valence-electron chi connectivity index (χ2n) is 3.87. The molecule has 0 amide bonds. The molecule has 0 aliphatic heterocycles. The number of nitrogens with one attached hydrogen (secondary N) is 1. The monoisotopic (exact) mass is 223 g/mol. The van der Waals surface area contributed by atoms with E-state index in [2.05, 4.69) is 5.32 Å². The van der Waals surface area contributed by atoms with Crippen LogP contribution in [0, 0.1) is 0 Å². The zero-order valence-corrected chi connectivity index (χ0v) is 10.2. The molecule has 0 bridgehead atoms. The van der Waals surface area contributed by atoms with Gasteiger partial charge in [0.2, 0.25) is 0 Å². The first-order valence-electron chi connectivity index (χ1n) is 4.84. The highest BCUT2D eigenvalue weighted by Gasteiger charge is 2.09. The van der Waals surface area contributed by atoms with Gasteiger partial charge in [0.1, 0.15) is 9.84 Å². The highest BCUT2D eigenvalue weighted by atomic mass is 32.2. The molecule has 0 aromatic heterocycles. The van der Waals surface area contributed by atoms with Crippen molar-refractivity contribution >= 4 is 9.84 Å². The van der Waals surface area contributed by atoms with Crippen LogP contribution in [-0.2, 0) is 14.6 Å². The van der Waals surface area contributed by atoms with Gasteiger partial charge in [0.05, 0.1) is 18.5 Å². The third-order valence-electron chi connectivity index (χ3n) is 1.60. The molecule has 0 aromatic carbocycles.